The summed E-state index contributed by atoms with van der Waals surface area (Å²) in [6.07, 6.45) is 1.73. The molecule has 0 amide bonds. The van der Waals surface area contributed by atoms with Crippen molar-refractivity contribution in [3.8, 4) is 5.75 Å². The molecule has 0 saturated heterocycles. The van der Waals surface area contributed by atoms with Crippen molar-refractivity contribution < 1.29 is 4.74 Å². The third-order valence-electron chi connectivity index (χ3n) is 1.62. The van der Waals surface area contributed by atoms with E-state index in [9.17, 15) is 0 Å². The highest BCUT2D eigenvalue weighted by Gasteiger charge is 1.97. The largest absolute Gasteiger partial charge is 0.489 e. The molecule has 0 radical (unpaired) electrons. The Morgan fingerprint density at radius 3 is 2.92 bits per heavy atom. The Kier molecular flexibility index (Phi) is 3.65. The number of anilines is 1. The number of benzene rings is 1. The third-order valence-corrected chi connectivity index (χ3v) is 1.80. The fourth-order valence-electron chi connectivity index (χ4n) is 1.01. The van der Waals surface area contributed by atoms with Crippen LogP contribution in [-0.4, -0.2) is 6.61 Å². The van der Waals surface area contributed by atoms with Gasteiger partial charge in [-0.05, 0) is 36.8 Å². The lowest BCUT2D eigenvalue weighted by atomic mass is 10.2. The first-order valence-corrected chi connectivity index (χ1v) is 4.42. The average molecular weight is 198 g/mol. The minimum absolute atomic E-state index is 0.480. The van der Waals surface area contributed by atoms with E-state index in [1.807, 2.05) is 25.1 Å². The van der Waals surface area contributed by atoms with Gasteiger partial charge < -0.3 is 10.5 Å². The third kappa shape index (κ3) is 2.99. The van der Waals surface area contributed by atoms with Crippen molar-refractivity contribution in [3.05, 3.63) is 35.4 Å². The SMILES string of the molecule is Cc1cc(N)ccc1OC/C=C/Cl. The summed E-state index contributed by atoms with van der Waals surface area (Å²) in [7, 11) is 0. The van der Waals surface area contributed by atoms with E-state index >= 15 is 0 Å². The van der Waals surface area contributed by atoms with Gasteiger partial charge in [-0.1, -0.05) is 11.6 Å². The number of hydrogen-bond donors (Lipinski definition) is 1. The van der Waals surface area contributed by atoms with Gasteiger partial charge in [0.2, 0.25) is 0 Å². The molecule has 0 aliphatic heterocycles. The van der Waals surface area contributed by atoms with E-state index < -0.39 is 0 Å². The van der Waals surface area contributed by atoms with Gasteiger partial charge in [0.25, 0.3) is 0 Å². The first kappa shape index (κ1) is 9.93. The van der Waals surface area contributed by atoms with Gasteiger partial charge in [0, 0.05) is 11.2 Å². The summed E-state index contributed by atoms with van der Waals surface area (Å²) in [5.41, 5.74) is 8.81. The van der Waals surface area contributed by atoms with Crippen molar-refractivity contribution in [2.75, 3.05) is 12.3 Å². The zero-order valence-corrected chi connectivity index (χ0v) is 8.21. The van der Waals surface area contributed by atoms with E-state index in [0.717, 1.165) is 17.0 Å². The highest BCUT2D eigenvalue weighted by molar-refractivity contribution is 6.25. The van der Waals surface area contributed by atoms with Crippen LogP contribution >= 0.6 is 11.6 Å². The number of ether oxygens (including phenoxy) is 1. The molecule has 13 heavy (non-hydrogen) atoms. The molecule has 0 heterocycles. The van der Waals surface area contributed by atoms with E-state index in [1.54, 1.807) is 6.08 Å². The van der Waals surface area contributed by atoms with E-state index in [4.69, 9.17) is 22.1 Å². The van der Waals surface area contributed by atoms with Crippen LogP contribution in [0.1, 0.15) is 5.56 Å². The zero-order valence-electron chi connectivity index (χ0n) is 7.46. The smallest absolute Gasteiger partial charge is 0.122 e. The Morgan fingerprint density at radius 1 is 1.54 bits per heavy atom. The summed E-state index contributed by atoms with van der Waals surface area (Å²) in [6.45, 7) is 2.43. The second-order valence-corrected chi connectivity index (χ2v) is 2.95. The minimum atomic E-state index is 0.480. The van der Waals surface area contributed by atoms with Gasteiger partial charge in [-0.25, -0.2) is 0 Å². The molecule has 1 aromatic carbocycles. The predicted octanol–water partition coefficient (Wildman–Crippen LogP) is 2.71. The maximum Gasteiger partial charge on any atom is 0.122 e. The minimum Gasteiger partial charge on any atom is -0.489 e. The van der Waals surface area contributed by atoms with Crippen molar-refractivity contribution >= 4 is 17.3 Å². The first-order valence-electron chi connectivity index (χ1n) is 3.98. The molecule has 0 bridgehead atoms. The number of rotatable bonds is 3. The van der Waals surface area contributed by atoms with Crippen LogP contribution in [0.4, 0.5) is 5.69 Å². The van der Waals surface area contributed by atoms with Crippen molar-refractivity contribution in [2.45, 2.75) is 6.92 Å². The van der Waals surface area contributed by atoms with Crippen LogP contribution in [0, 0.1) is 6.92 Å². The number of aryl methyl sites for hydroxylation is 1. The second kappa shape index (κ2) is 4.77. The molecule has 0 spiro atoms. The van der Waals surface area contributed by atoms with Crippen LogP contribution < -0.4 is 10.5 Å². The van der Waals surface area contributed by atoms with E-state index in [-0.39, 0.29) is 0 Å². The van der Waals surface area contributed by atoms with Gasteiger partial charge in [0.1, 0.15) is 12.4 Å². The average Bonchev–Trinajstić information content (AvgIpc) is 2.09. The molecule has 70 valence electrons. The Hall–Kier alpha value is -1.15. The monoisotopic (exact) mass is 197 g/mol. The molecular formula is C10H12ClNO. The van der Waals surface area contributed by atoms with Gasteiger partial charge in [0.05, 0.1) is 0 Å². The fraction of sp³-hybridized carbons (Fsp3) is 0.200. The Labute approximate surface area is 83.0 Å². The number of hydrogen-bond acceptors (Lipinski definition) is 2. The lowest BCUT2D eigenvalue weighted by Crippen LogP contribution is -1.96. The summed E-state index contributed by atoms with van der Waals surface area (Å²) in [4.78, 5) is 0. The predicted molar refractivity (Wildman–Crippen MR) is 56.1 cm³/mol. The van der Waals surface area contributed by atoms with Gasteiger partial charge >= 0.3 is 0 Å². The van der Waals surface area contributed by atoms with Crippen LogP contribution in [0.2, 0.25) is 0 Å². The maximum absolute atomic E-state index is 5.59. The number of nitrogens with two attached hydrogens (primary N) is 1. The molecule has 0 aliphatic rings. The molecule has 1 rings (SSSR count). The molecule has 0 aromatic heterocycles. The first-order chi connectivity index (χ1) is 6.24. The van der Waals surface area contributed by atoms with E-state index in [0.29, 0.717) is 6.61 Å². The number of halogens is 1. The van der Waals surface area contributed by atoms with Crippen LogP contribution in [0.3, 0.4) is 0 Å². The summed E-state index contributed by atoms with van der Waals surface area (Å²) < 4.78 is 5.41. The van der Waals surface area contributed by atoms with Crippen molar-refractivity contribution in [3.63, 3.8) is 0 Å². The molecule has 0 atom stereocenters. The molecule has 0 unspecified atom stereocenters. The summed E-state index contributed by atoms with van der Waals surface area (Å²) in [5, 5.41) is 0. The van der Waals surface area contributed by atoms with Gasteiger partial charge in [-0.3, -0.25) is 0 Å². The zero-order chi connectivity index (χ0) is 9.68. The highest BCUT2D eigenvalue weighted by atomic mass is 35.5. The van der Waals surface area contributed by atoms with Crippen molar-refractivity contribution in [2.24, 2.45) is 0 Å². The highest BCUT2D eigenvalue weighted by Crippen LogP contribution is 2.19. The van der Waals surface area contributed by atoms with Crippen LogP contribution in [0.25, 0.3) is 0 Å². The van der Waals surface area contributed by atoms with Gasteiger partial charge in [-0.15, -0.1) is 0 Å². The topological polar surface area (TPSA) is 35.2 Å². The Morgan fingerprint density at radius 2 is 2.31 bits per heavy atom. The van der Waals surface area contributed by atoms with Crippen LogP contribution in [-0.2, 0) is 0 Å². The molecule has 3 heteroatoms. The number of nitrogen functional groups attached to an aromatic ring is 1. The lowest BCUT2D eigenvalue weighted by molar-refractivity contribution is 0.360. The maximum atomic E-state index is 5.59. The molecule has 0 aliphatic carbocycles. The normalized spacial score (nSPS) is 10.6. The summed E-state index contributed by atoms with van der Waals surface area (Å²) >= 11 is 5.35. The molecule has 0 saturated carbocycles. The molecule has 2 N–H and O–H groups in total. The van der Waals surface area contributed by atoms with Crippen molar-refractivity contribution in [1.82, 2.24) is 0 Å². The lowest BCUT2D eigenvalue weighted by Gasteiger charge is -2.06. The van der Waals surface area contributed by atoms with Crippen molar-refractivity contribution in [1.29, 1.82) is 0 Å². The van der Waals surface area contributed by atoms with Gasteiger partial charge in [-0.2, -0.15) is 0 Å². The molecular weight excluding hydrogens is 186 g/mol. The fourth-order valence-corrected chi connectivity index (χ4v) is 1.08. The van der Waals surface area contributed by atoms with E-state index in [1.165, 1.54) is 5.54 Å². The summed E-state index contributed by atoms with van der Waals surface area (Å²) in [5.74, 6) is 0.837. The van der Waals surface area contributed by atoms with Gasteiger partial charge in [0.15, 0.2) is 0 Å². The van der Waals surface area contributed by atoms with E-state index in [2.05, 4.69) is 0 Å². The van der Waals surface area contributed by atoms with Crippen LogP contribution in [0.15, 0.2) is 29.8 Å². The Balaban J connectivity index is 2.66. The Bertz CT molecular complexity index is 310. The molecule has 1 aromatic rings. The quantitative estimate of drug-likeness (QED) is 0.757. The molecule has 0 fully saturated rings. The molecule has 2 nitrogen and oxygen atoms in total. The standard InChI is InChI=1S/C10H12ClNO/c1-8-7-9(12)3-4-10(8)13-6-2-5-11/h2-5,7H,6,12H2,1H3/b5-2+. The van der Waals surface area contributed by atoms with Crippen LogP contribution in [0.5, 0.6) is 5.75 Å². The second-order valence-electron chi connectivity index (χ2n) is 2.70. The summed E-state index contributed by atoms with van der Waals surface area (Å²) in [6, 6.07) is 5.54.